The number of thioether (sulfide) groups is 1. The number of Topliss-reactive ketones (excluding diaryl/α,β-unsaturated/α-hetero) is 1. The average molecular weight is 290 g/mol. The van der Waals surface area contributed by atoms with Crippen molar-refractivity contribution in [3.63, 3.8) is 0 Å². The lowest BCUT2D eigenvalue weighted by Gasteiger charge is -2.42. The van der Waals surface area contributed by atoms with Gasteiger partial charge in [0.1, 0.15) is 0 Å². The molecule has 108 valence electrons. The van der Waals surface area contributed by atoms with Gasteiger partial charge in [0.25, 0.3) is 0 Å². The van der Waals surface area contributed by atoms with E-state index < -0.39 is 0 Å². The highest BCUT2D eigenvalue weighted by molar-refractivity contribution is 7.99. The number of rotatable bonds is 2. The third-order valence-electron chi connectivity index (χ3n) is 4.57. The molecule has 0 amide bonds. The Balaban J connectivity index is 1.74. The first-order chi connectivity index (χ1) is 9.69. The molecule has 2 fully saturated rings. The Kier molecular flexibility index (Phi) is 4.18. The molecule has 3 rings (SSSR count). The Labute approximate surface area is 125 Å². The van der Waals surface area contributed by atoms with E-state index in [1.165, 1.54) is 11.5 Å². The van der Waals surface area contributed by atoms with Gasteiger partial charge in [0.2, 0.25) is 0 Å². The molecule has 1 spiro atoms. The Morgan fingerprint density at radius 2 is 2.15 bits per heavy atom. The molecule has 0 bridgehead atoms. The third kappa shape index (κ3) is 2.94. The highest BCUT2D eigenvalue weighted by Gasteiger charge is 2.40. The highest BCUT2D eigenvalue weighted by atomic mass is 32.2. The molecule has 3 heteroatoms. The van der Waals surface area contributed by atoms with Crippen molar-refractivity contribution in [1.29, 1.82) is 0 Å². The van der Waals surface area contributed by atoms with Crippen LogP contribution < -0.4 is 0 Å². The Bertz CT molecular complexity index is 486. The SMILES string of the molecule is Cc1cccc(C(=O)C2CCOC3(CCSCC3)C2)c1. The summed E-state index contributed by atoms with van der Waals surface area (Å²) in [4.78, 5) is 12.7. The minimum absolute atomic E-state index is 0.00630. The van der Waals surface area contributed by atoms with Gasteiger partial charge >= 0.3 is 0 Å². The van der Waals surface area contributed by atoms with Crippen molar-refractivity contribution >= 4 is 17.5 Å². The third-order valence-corrected chi connectivity index (χ3v) is 5.56. The largest absolute Gasteiger partial charge is 0.375 e. The van der Waals surface area contributed by atoms with Crippen molar-refractivity contribution in [1.82, 2.24) is 0 Å². The lowest BCUT2D eigenvalue weighted by molar-refractivity contribution is -0.0959. The van der Waals surface area contributed by atoms with Crippen LogP contribution in [0.2, 0.25) is 0 Å². The van der Waals surface area contributed by atoms with Crippen LogP contribution >= 0.6 is 11.8 Å². The second-order valence-electron chi connectivity index (χ2n) is 6.07. The minimum Gasteiger partial charge on any atom is -0.375 e. The summed E-state index contributed by atoms with van der Waals surface area (Å²) in [6.45, 7) is 2.79. The van der Waals surface area contributed by atoms with E-state index in [2.05, 4.69) is 0 Å². The number of carbonyl (C=O) groups is 1. The molecule has 0 aromatic heterocycles. The number of carbonyl (C=O) groups excluding carboxylic acids is 1. The molecule has 1 atom stereocenters. The summed E-state index contributed by atoms with van der Waals surface area (Å²) in [6.07, 6.45) is 4.01. The molecule has 2 aliphatic heterocycles. The number of aryl methyl sites for hydroxylation is 1. The molecule has 2 saturated heterocycles. The van der Waals surface area contributed by atoms with Crippen LogP contribution in [0.15, 0.2) is 24.3 Å². The predicted molar refractivity (Wildman–Crippen MR) is 83.5 cm³/mol. The Morgan fingerprint density at radius 3 is 2.90 bits per heavy atom. The number of hydrogen-bond acceptors (Lipinski definition) is 3. The number of ether oxygens (including phenoxy) is 1. The zero-order valence-electron chi connectivity index (χ0n) is 12.1. The van der Waals surface area contributed by atoms with Gasteiger partial charge in [-0.25, -0.2) is 0 Å². The van der Waals surface area contributed by atoms with Gasteiger partial charge in [-0.05, 0) is 50.2 Å². The van der Waals surface area contributed by atoms with E-state index in [4.69, 9.17) is 4.74 Å². The van der Waals surface area contributed by atoms with Crippen molar-refractivity contribution in [2.75, 3.05) is 18.1 Å². The smallest absolute Gasteiger partial charge is 0.166 e. The topological polar surface area (TPSA) is 26.3 Å². The van der Waals surface area contributed by atoms with Gasteiger partial charge in [-0.15, -0.1) is 0 Å². The molecule has 2 aliphatic rings. The Hall–Kier alpha value is -0.800. The molecular formula is C17H22O2S. The van der Waals surface area contributed by atoms with E-state index in [1.54, 1.807) is 0 Å². The second kappa shape index (κ2) is 5.90. The van der Waals surface area contributed by atoms with Crippen molar-refractivity contribution in [3.8, 4) is 0 Å². The van der Waals surface area contributed by atoms with Crippen molar-refractivity contribution < 1.29 is 9.53 Å². The Morgan fingerprint density at radius 1 is 1.35 bits per heavy atom. The molecule has 0 saturated carbocycles. The van der Waals surface area contributed by atoms with E-state index in [9.17, 15) is 4.79 Å². The summed E-state index contributed by atoms with van der Waals surface area (Å²) in [7, 11) is 0. The molecule has 1 unspecified atom stereocenters. The van der Waals surface area contributed by atoms with Crippen LogP contribution in [-0.4, -0.2) is 29.5 Å². The predicted octanol–water partition coefficient (Wildman–Crippen LogP) is 3.87. The number of ketones is 1. The standard InChI is InChI=1S/C17H22O2S/c1-13-3-2-4-14(11-13)16(18)15-5-8-19-17(12-15)6-9-20-10-7-17/h2-4,11,15H,5-10,12H2,1H3. The van der Waals surface area contributed by atoms with Crippen LogP contribution in [0.1, 0.15) is 41.6 Å². The van der Waals surface area contributed by atoms with Gasteiger partial charge in [-0.1, -0.05) is 23.8 Å². The zero-order valence-corrected chi connectivity index (χ0v) is 12.9. The van der Waals surface area contributed by atoms with E-state index >= 15 is 0 Å². The van der Waals surface area contributed by atoms with Crippen molar-refractivity contribution in [2.45, 2.75) is 38.2 Å². The first kappa shape index (κ1) is 14.2. The normalized spacial score (nSPS) is 25.6. The van der Waals surface area contributed by atoms with Crippen molar-refractivity contribution in [2.24, 2.45) is 5.92 Å². The van der Waals surface area contributed by atoms with Crippen LogP contribution in [0.3, 0.4) is 0 Å². The molecule has 2 heterocycles. The molecule has 0 radical (unpaired) electrons. The van der Waals surface area contributed by atoms with Crippen LogP contribution in [0, 0.1) is 12.8 Å². The maximum absolute atomic E-state index is 12.7. The first-order valence-electron chi connectivity index (χ1n) is 7.51. The number of benzene rings is 1. The molecule has 1 aromatic rings. The fraction of sp³-hybridized carbons (Fsp3) is 0.588. The summed E-state index contributed by atoms with van der Waals surface area (Å²) in [6, 6.07) is 7.99. The maximum atomic E-state index is 12.7. The monoisotopic (exact) mass is 290 g/mol. The lowest BCUT2D eigenvalue weighted by Crippen LogP contribution is -2.44. The van der Waals surface area contributed by atoms with E-state index in [-0.39, 0.29) is 11.5 Å². The molecule has 0 N–H and O–H groups in total. The zero-order chi connectivity index (χ0) is 14.0. The fourth-order valence-electron chi connectivity index (χ4n) is 3.38. The summed E-state index contributed by atoms with van der Waals surface area (Å²) in [5.74, 6) is 2.81. The average Bonchev–Trinajstić information content (AvgIpc) is 2.47. The highest BCUT2D eigenvalue weighted by Crippen LogP contribution is 2.40. The maximum Gasteiger partial charge on any atom is 0.166 e. The van der Waals surface area contributed by atoms with Gasteiger partial charge in [0.05, 0.1) is 5.60 Å². The molecule has 1 aromatic carbocycles. The second-order valence-corrected chi connectivity index (χ2v) is 7.29. The van der Waals surface area contributed by atoms with E-state index in [0.717, 1.165) is 43.4 Å². The summed E-state index contributed by atoms with van der Waals surface area (Å²) in [5.41, 5.74) is 2.03. The van der Waals surface area contributed by atoms with Crippen LogP contribution in [0.5, 0.6) is 0 Å². The summed E-state index contributed by atoms with van der Waals surface area (Å²) < 4.78 is 6.08. The van der Waals surface area contributed by atoms with E-state index in [0.29, 0.717) is 5.78 Å². The van der Waals surface area contributed by atoms with Crippen LogP contribution in [-0.2, 0) is 4.74 Å². The van der Waals surface area contributed by atoms with Crippen molar-refractivity contribution in [3.05, 3.63) is 35.4 Å². The van der Waals surface area contributed by atoms with Gasteiger partial charge in [-0.2, -0.15) is 11.8 Å². The summed E-state index contributed by atoms with van der Waals surface area (Å²) in [5, 5.41) is 0. The molecule has 0 aliphatic carbocycles. The number of hydrogen-bond donors (Lipinski definition) is 0. The summed E-state index contributed by atoms with van der Waals surface area (Å²) >= 11 is 2.01. The molecular weight excluding hydrogens is 268 g/mol. The van der Waals surface area contributed by atoms with Gasteiger partial charge in [-0.3, -0.25) is 4.79 Å². The first-order valence-corrected chi connectivity index (χ1v) is 8.67. The molecule has 2 nitrogen and oxygen atoms in total. The fourth-order valence-corrected chi connectivity index (χ4v) is 4.61. The van der Waals surface area contributed by atoms with Gasteiger partial charge in [0, 0.05) is 18.1 Å². The van der Waals surface area contributed by atoms with Gasteiger partial charge in [0.15, 0.2) is 5.78 Å². The molecule has 20 heavy (non-hydrogen) atoms. The quantitative estimate of drug-likeness (QED) is 0.773. The lowest BCUT2D eigenvalue weighted by atomic mass is 9.78. The van der Waals surface area contributed by atoms with Gasteiger partial charge < -0.3 is 4.74 Å². The van der Waals surface area contributed by atoms with E-state index in [1.807, 2.05) is 43.0 Å². The van der Waals surface area contributed by atoms with Crippen LogP contribution in [0.4, 0.5) is 0 Å². The van der Waals surface area contributed by atoms with Crippen LogP contribution in [0.25, 0.3) is 0 Å². The minimum atomic E-state index is -0.00630.